The fourth-order valence-corrected chi connectivity index (χ4v) is 10.3. The molecule has 1 aromatic rings. The van der Waals surface area contributed by atoms with Crippen molar-refractivity contribution in [2.45, 2.75) is 131 Å². The number of rotatable bonds is 6. The zero-order valence-electron chi connectivity index (χ0n) is 30.9. The number of fused-ring (bicyclic) bond motifs is 5. The summed E-state index contributed by atoms with van der Waals surface area (Å²) < 4.78 is 18.9. The van der Waals surface area contributed by atoms with E-state index in [4.69, 9.17) is 14.2 Å². The van der Waals surface area contributed by atoms with Crippen molar-refractivity contribution in [1.29, 1.82) is 0 Å². The monoisotopic (exact) mass is 667 g/mol. The predicted octanol–water partition coefficient (Wildman–Crippen LogP) is 5.62. The van der Waals surface area contributed by atoms with E-state index in [1.54, 1.807) is 38.1 Å². The Hall–Kier alpha value is -2.75. The Morgan fingerprint density at radius 2 is 1.56 bits per heavy atom. The number of hydrogen-bond acceptors (Lipinski definition) is 8. The van der Waals surface area contributed by atoms with Crippen LogP contribution in [0, 0.1) is 39.4 Å². The summed E-state index contributed by atoms with van der Waals surface area (Å²) in [5.41, 5.74) is -3.58. The summed E-state index contributed by atoms with van der Waals surface area (Å²) in [6.45, 7) is 24.1. The minimum Gasteiger partial charge on any atom is -0.457 e. The third kappa shape index (κ3) is 5.00. The van der Waals surface area contributed by atoms with Crippen LogP contribution < -0.4 is 5.32 Å². The SMILES string of the molecule is CC(=O)NC(C)[C@@H](C)C(=O)OC1CC2(O)C(OC(=O)c3ccccc3)C3C4(O)COC4CC(C)(C)[C@@]3(C)C(C)(C)[C@H](C)C(=C1C)C2(C)C. The number of carbonyl (C=O) groups excluding carboxylic acids is 3. The van der Waals surface area contributed by atoms with E-state index in [9.17, 15) is 24.6 Å². The van der Waals surface area contributed by atoms with Crippen LogP contribution >= 0.6 is 0 Å². The lowest BCUT2D eigenvalue weighted by Crippen LogP contribution is -2.81. The number of esters is 2. The van der Waals surface area contributed by atoms with E-state index in [-0.39, 0.29) is 24.9 Å². The normalized spacial score (nSPS) is 38.8. The van der Waals surface area contributed by atoms with E-state index in [2.05, 4.69) is 46.9 Å². The minimum absolute atomic E-state index is 0.0448. The molecule has 9 heteroatoms. The average Bonchev–Trinajstić information content (AvgIpc) is 2.99. The Bertz CT molecular complexity index is 1500. The predicted molar refractivity (Wildman–Crippen MR) is 182 cm³/mol. The third-order valence-corrected chi connectivity index (χ3v) is 14.2. The second-order valence-corrected chi connectivity index (χ2v) is 17.2. The van der Waals surface area contributed by atoms with Crippen LogP contribution in [0.15, 0.2) is 41.5 Å². The van der Waals surface area contributed by atoms with Crippen LogP contribution in [-0.4, -0.2) is 70.2 Å². The summed E-state index contributed by atoms with van der Waals surface area (Å²) in [7, 11) is 0. The molecule has 2 saturated carbocycles. The van der Waals surface area contributed by atoms with Gasteiger partial charge in [0.1, 0.15) is 23.4 Å². The molecule has 1 aliphatic heterocycles. The molecule has 10 atom stereocenters. The average molecular weight is 668 g/mol. The van der Waals surface area contributed by atoms with Crippen molar-refractivity contribution >= 4 is 17.8 Å². The van der Waals surface area contributed by atoms with Gasteiger partial charge in [0, 0.05) is 30.7 Å². The molecule has 1 saturated heterocycles. The van der Waals surface area contributed by atoms with Crippen LogP contribution in [0.5, 0.6) is 0 Å². The molecule has 9 nitrogen and oxygen atoms in total. The first-order valence-corrected chi connectivity index (χ1v) is 17.5. The Kier molecular flexibility index (Phi) is 8.87. The van der Waals surface area contributed by atoms with Gasteiger partial charge in [-0.25, -0.2) is 4.79 Å². The molecule has 2 bridgehead atoms. The number of nitrogens with one attached hydrogen (secondary N) is 1. The molecule has 3 aliphatic carbocycles. The van der Waals surface area contributed by atoms with E-state index < -0.39 is 81.0 Å². The fraction of sp³-hybridized carbons (Fsp3) is 0.718. The molecule has 1 amide bonds. The van der Waals surface area contributed by atoms with Crippen LogP contribution in [0.1, 0.15) is 106 Å². The van der Waals surface area contributed by atoms with E-state index >= 15 is 0 Å². The molecule has 1 heterocycles. The van der Waals surface area contributed by atoms with E-state index in [1.807, 2.05) is 26.8 Å². The van der Waals surface area contributed by atoms with Crippen LogP contribution in [0.4, 0.5) is 0 Å². The number of hydrogen-bond donors (Lipinski definition) is 3. The van der Waals surface area contributed by atoms with Crippen LogP contribution in [-0.2, 0) is 23.8 Å². The first kappa shape index (κ1) is 36.5. The largest absolute Gasteiger partial charge is 0.457 e. The highest BCUT2D eigenvalue weighted by Gasteiger charge is 2.78. The van der Waals surface area contributed by atoms with Gasteiger partial charge in [-0.3, -0.25) is 9.59 Å². The van der Waals surface area contributed by atoms with Crippen molar-refractivity contribution in [2.24, 2.45) is 39.4 Å². The maximum atomic E-state index is 14.1. The summed E-state index contributed by atoms with van der Waals surface area (Å²) >= 11 is 0. The Labute approximate surface area is 286 Å². The van der Waals surface area contributed by atoms with Crippen molar-refractivity contribution in [1.82, 2.24) is 5.32 Å². The topological polar surface area (TPSA) is 131 Å². The maximum absolute atomic E-state index is 14.1. The summed E-state index contributed by atoms with van der Waals surface area (Å²) in [4.78, 5) is 39.5. The molecule has 0 aromatic heterocycles. The van der Waals surface area contributed by atoms with Crippen LogP contribution in [0.2, 0.25) is 0 Å². The highest BCUT2D eigenvalue weighted by molar-refractivity contribution is 5.89. The van der Waals surface area contributed by atoms with Crippen molar-refractivity contribution in [3.05, 3.63) is 47.0 Å². The Morgan fingerprint density at radius 1 is 0.958 bits per heavy atom. The molecule has 48 heavy (non-hydrogen) atoms. The molecule has 0 radical (unpaired) electrons. The van der Waals surface area contributed by atoms with Crippen molar-refractivity contribution < 1.29 is 38.8 Å². The van der Waals surface area contributed by atoms with Crippen LogP contribution in [0.25, 0.3) is 0 Å². The molecule has 266 valence electrons. The quantitative estimate of drug-likeness (QED) is 0.263. The van der Waals surface area contributed by atoms with E-state index in [0.717, 1.165) is 11.1 Å². The standard InChI is InChI=1S/C39H57NO8/c1-21(24(4)40-25(5)41)32(42)47-27-18-39(45)31(48-33(43)26-16-14-13-15-17-26)30-37(12,34(6,7)19-28-38(30,44)20-46-28)35(8,9)23(3)29(22(27)2)36(39,10)11/h13-17,21,23-24,27-28,30-31,44-45H,18-20H2,1-12H3,(H,40,41)/t21-,23-,24?,27?,28?,30?,31?,37+,38?,39?/m1/s1. The van der Waals surface area contributed by atoms with Gasteiger partial charge in [0.25, 0.3) is 0 Å². The van der Waals surface area contributed by atoms with Gasteiger partial charge >= 0.3 is 11.9 Å². The molecule has 0 spiro atoms. The van der Waals surface area contributed by atoms with Gasteiger partial charge in [-0.05, 0) is 67.1 Å². The van der Waals surface area contributed by atoms with Crippen LogP contribution in [0.3, 0.4) is 0 Å². The number of amides is 1. The molecule has 1 aromatic carbocycles. The molecule has 7 unspecified atom stereocenters. The zero-order chi connectivity index (χ0) is 36.0. The van der Waals surface area contributed by atoms with E-state index in [0.29, 0.717) is 12.0 Å². The molecular weight excluding hydrogens is 610 g/mol. The van der Waals surface area contributed by atoms with Gasteiger partial charge in [0.15, 0.2) is 0 Å². The number of carbonyl (C=O) groups is 3. The summed E-state index contributed by atoms with van der Waals surface area (Å²) in [6.07, 6.45) is -1.97. The Balaban J connectivity index is 1.75. The molecule has 5 rings (SSSR count). The Morgan fingerprint density at radius 3 is 2.10 bits per heavy atom. The lowest BCUT2D eigenvalue weighted by atomic mass is 9.34. The van der Waals surface area contributed by atoms with Gasteiger partial charge in [-0.2, -0.15) is 0 Å². The van der Waals surface area contributed by atoms with Gasteiger partial charge in [0.2, 0.25) is 5.91 Å². The molecule has 3 fully saturated rings. The number of aliphatic hydroxyl groups is 2. The third-order valence-electron chi connectivity index (χ3n) is 14.2. The number of ether oxygens (including phenoxy) is 3. The van der Waals surface area contributed by atoms with Crippen molar-refractivity contribution in [3.63, 3.8) is 0 Å². The molecule has 4 aliphatic rings. The highest BCUT2D eigenvalue weighted by atomic mass is 16.6. The summed E-state index contributed by atoms with van der Waals surface area (Å²) in [6, 6.07) is 8.24. The fourth-order valence-electron chi connectivity index (χ4n) is 10.3. The molecule has 3 N–H and O–H groups in total. The maximum Gasteiger partial charge on any atom is 0.338 e. The van der Waals surface area contributed by atoms with Crippen molar-refractivity contribution in [2.75, 3.05) is 6.61 Å². The zero-order valence-corrected chi connectivity index (χ0v) is 30.9. The van der Waals surface area contributed by atoms with Crippen molar-refractivity contribution in [3.8, 4) is 0 Å². The van der Waals surface area contributed by atoms with E-state index in [1.165, 1.54) is 6.92 Å². The lowest BCUT2D eigenvalue weighted by molar-refractivity contribution is -0.373. The number of benzene rings is 1. The minimum atomic E-state index is -1.77. The second-order valence-electron chi connectivity index (χ2n) is 17.2. The van der Waals surface area contributed by atoms with Gasteiger partial charge in [0.05, 0.1) is 24.2 Å². The molecular formula is C39H57NO8. The first-order chi connectivity index (χ1) is 22.0. The van der Waals surface area contributed by atoms with Gasteiger partial charge in [-0.15, -0.1) is 0 Å². The highest BCUT2D eigenvalue weighted by Crippen LogP contribution is 2.74. The van der Waals surface area contributed by atoms with Gasteiger partial charge in [-0.1, -0.05) is 79.2 Å². The summed E-state index contributed by atoms with van der Waals surface area (Å²) in [5, 5.41) is 29.0. The van der Waals surface area contributed by atoms with Gasteiger partial charge < -0.3 is 29.7 Å². The first-order valence-electron chi connectivity index (χ1n) is 17.5. The summed E-state index contributed by atoms with van der Waals surface area (Å²) in [5.74, 6) is -2.88. The smallest absolute Gasteiger partial charge is 0.338 e. The lowest BCUT2D eigenvalue weighted by Gasteiger charge is -2.74. The second kappa shape index (κ2) is 11.7.